The van der Waals surface area contributed by atoms with E-state index in [-0.39, 0.29) is 5.92 Å². The molecule has 3 nitrogen and oxygen atoms in total. The highest BCUT2D eigenvalue weighted by Gasteiger charge is 2.24. The van der Waals surface area contributed by atoms with E-state index in [1.54, 1.807) is 0 Å². The van der Waals surface area contributed by atoms with Crippen LogP contribution in [0.15, 0.2) is 90.2 Å². The molecule has 112 valence electrons. The van der Waals surface area contributed by atoms with Gasteiger partial charge in [0.1, 0.15) is 11.7 Å². The number of nitrogens with one attached hydrogen (secondary N) is 1. The summed E-state index contributed by atoms with van der Waals surface area (Å²) in [7, 11) is 0. The zero-order chi connectivity index (χ0) is 15.5. The Labute approximate surface area is 135 Å². The number of aromatic nitrogens is 1. The Morgan fingerprint density at radius 2 is 1.74 bits per heavy atom. The van der Waals surface area contributed by atoms with Crippen LogP contribution < -0.4 is 5.32 Å². The van der Waals surface area contributed by atoms with E-state index in [9.17, 15) is 0 Å². The Morgan fingerprint density at radius 1 is 0.870 bits per heavy atom. The number of hydrogen-bond acceptors (Lipinski definition) is 3. The molecule has 23 heavy (non-hydrogen) atoms. The molecule has 0 radical (unpaired) electrons. The zero-order valence-corrected chi connectivity index (χ0v) is 12.6. The molecule has 2 aromatic rings. The fourth-order valence-electron chi connectivity index (χ4n) is 2.95. The summed E-state index contributed by atoms with van der Waals surface area (Å²) in [6.07, 6.45) is 14.4. The number of rotatable bonds is 2. The molecule has 4 rings (SSSR count). The van der Waals surface area contributed by atoms with Gasteiger partial charge in [0.15, 0.2) is 0 Å². The molecule has 1 aliphatic heterocycles. The minimum Gasteiger partial charge on any atom is -0.328 e. The van der Waals surface area contributed by atoms with Crippen molar-refractivity contribution in [2.75, 3.05) is 5.32 Å². The van der Waals surface area contributed by atoms with Crippen LogP contribution in [-0.2, 0) is 0 Å². The van der Waals surface area contributed by atoms with Crippen molar-refractivity contribution in [2.45, 2.75) is 0 Å². The van der Waals surface area contributed by atoms with Crippen molar-refractivity contribution in [2.24, 2.45) is 16.8 Å². The Balaban J connectivity index is 1.60. The van der Waals surface area contributed by atoms with E-state index in [0.717, 1.165) is 17.2 Å². The number of hydrogen-bond donors (Lipinski definition) is 1. The molecule has 0 saturated heterocycles. The molecule has 0 saturated carbocycles. The highest BCUT2D eigenvalue weighted by molar-refractivity contribution is 5.99. The summed E-state index contributed by atoms with van der Waals surface area (Å²) < 4.78 is 0. The number of benzene rings is 1. The molecular weight excluding hydrogens is 282 g/mol. The molecule has 0 spiro atoms. The highest BCUT2D eigenvalue weighted by Crippen LogP contribution is 2.27. The van der Waals surface area contributed by atoms with Crippen molar-refractivity contribution in [3.63, 3.8) is 0 Å². The summed E-state index contributed by atoms with van der Waals surface area (Å²) in [5, 5.41) is 3.39. The summed E-state index contributed by atoms with van der Waals surface area (Å²) in [6.45, 7) is 0. The van der Waals surface area contributed by atoms with Crippen LogP contribution >= 0.6 is 0 Å². The molecule has 0 bridgehead atoms. The van der Waals surface area contributed by atoms with Gasteiger partial charge in [-0.25, -0.2) is 9.98 Å². The summed E-state index contributed by atoms with van der Waals surface area (Å²) in [5.74, 6) is 2.39. The van der Waals surface area contributed by atoms with Crippen LogP contribution in [0.5, 0.6) is 0 Å². The number of anilines is 1. The van der Waals surface area contributed by atoms with E-state index in [1.165, 1.54) is 5.56 Å². The van der Waals surface area contributed by atoms with E-state index >= 15 is 0 Å². The first-order valence-electron chi connectivity index (χ1n) is 7.78. The molecule has 1 N–H and O–H groups in total. The first-order chi connectivity index (χ1) is 11.4. The Bertz CT molecular complexity index is 816. The highest BCUT2D eigenvalue weighted by atomic mass is 15.1. The zero-order valence-electron chi connectivity index (χ0n) is 12.6. The molecule has 3 heteroatoms. The number of allylic oxidation sites excluding steroid dienone is 4. The van der Waals surface area contributed by atoms with Gasteiger partial charge in [0, 0.05) is 24.2 Å². The van der Waals surface area contributed by atoms with E-state index in [2.05, 4.69) is 63.9 Å². The van der Waals surface area contributed by atoms with E-state index in [0.29, 0.717) is 5.92 Å². The van der Waals surface area contributed by atoms with Crippen molar-refractivity contribution < 1.29 is 0 Å². The first-order valence-corrected chi connectivity index (χ1v) is 7.78. The van der Waals surface area contributed by atoms with Crippen LogP contribution in [0.2, 0.25) is 0 Å². The van der Waals surface area contributed by atoms with Gasteiger partial charge in [0.2, 0.25) is 0 Å². The average Bonchev–Trinajstić information content (AvgIpc) is 2.63. The van der Waals surface area contributed by atoms with E-state index < -0.39 is 0 Å². The van der Waals surface area contributed by atoms with Crippen molar-refractivity contribution in [3.8, 4) is 11.1 Å². The fraction of sp³-hybridized carbons (Fsp3) is 0.100. The maximum Gasteiger partial charge on any atom is 0.131 e. The second-order valence-corrected chi connectivity index (χ2v) is 5.65. The second kappa shape index (κ2) is 6.05. The van der Waals surface area contributed by atoms with Crippen LogP contribution in [0.1, 0.15) is 0 Å². The van der Waals surface area contributed by atoms with Gasteiger partial charge in [-0.2, -0.15) is 0 Å². The summed E-state index contributed by atoms with van der Waals surface area (Å²) in [5.41, 5.74) is 2.33. The van der Waals surface area contributed by atoms with E-state index in [1.807, 2.05) is 36.7 Å². The van der Waals surface area contributed by atoms with Crippen molar-refractivity contribution in [1.29, 1.82) is 0 Å². The molecule has 2 atom stereocenters. The summed E-state index contributed by atoms with van der Waals surface area (Å²) in [4.78, 5) is 8.95. The van der Waals surface area contributed by atoms with Gasteiger partial charge in [-0.05, 0) is 23.3 Å². The van der Waals surface area contributed by atoms with Crippen molar-refractivity contribution >= 4 is 11.7 Å². The predicted octanol–water partition coefficient (Wildman–Crippen LogP) is 4.44. The Kier molecular flexibility index (Phi) is 3.60. The largest absolute Gasteiger partial charge is 0.328 e. The lowest BCUT2D eigenvalue weighted by atomic mass is 9.86. The standard InChI is InChI=1S/C20H17N3/c1-2-6-15(7-3-1)17-11-12-21-19(14-17)23-20-18-9-5-4-8-16(18)10-13-22-20/h1-14,16,18H,(H,21,22,23). The SMILES string of the molecule is C1=CC2C=CN=C(Nc3cc(-c4ccccc4)ccn3)C2C=C1. The minimum atomic E-state index is 0.257. The van der Waals surface area contributed by atoms with Gasteiger partial charge in [-0.15, -0.1) is 0 Å². The van der Waals surface area contributed by atoms with Crippen LogP contribution in [0.3, 0.4) is 0 Å². The van der Waals surface area contributed by atoms with E-state index in [4.69, 9.17) is 0 Å². The average molecular weight is 299 g/mol. The predicted molar refractivity (Wildman–Crippen MR) is 95.1 cm³/mol. The number of nitrogens with zero attached hydrogens (tertiary/aromatic N) is 2. The third kappa shape index (κ3) is 2.86. The normalized spacial score (nSPS) is 21.7. The summed E-state index contributed by atoms with van der Waals surface area (Å²) in [6, 6.07) is 14.4. The summed E-state index contributed by atoms with van der Waals surface area (Å²) >= 11 is 0. The molecular formula is C20H17N3. The molecule has 1 aromatic carbocycles. The van der Waals surface area contributed by atoms with Gasteiger partial charge in [0.05, 0.1) is 0 Å². The quantitative estimate of drug-likeness (QED) is 0.890. The van der Waals surface area contributed by atoms with Gasteiger partial charge < -0.3 is 5.32 Å². The number of fused-ring (bicyclic) bond motifs is 1. The van der Waals surface area contributed by atoms with Crippen LogP contribution in [-0.4, -0.2) is 10.8 Å². The lowest BCUT2D eigenvalue weighted by molar-refractivity contribution is 0.689. The maximum absolute atomic E-state index is 4.51. The van der Waals surface area contributed by atoms with Gasteiger partial charge >= 0.3 is 0 Å². The lowest BCUT2D eigenvalue weighted by Gasteiger charge is -2.26. The number of pyridine rings is 1. The van der Waals surface area contributed by atoms with Gasteiger partial charge in [0.25, 0.3) is 0 Å². The van der Waals surface area contributed by atoms with Crippen molar-refractivity contribution in [1.82, 2.24) is 4.98 Å². The third-order valence-electron chi connectivity index (χ3n) is 4.14. The maximum atomic E-state index is 4.51. The van der Waals surface area contributed by atoms with Crippen LogP contribution in [0.4, 0.5) is 5.82 Å². The fourth-order valence-corrected chi connectivity index (χ4v) is 2.95. The smallest absolute Gasteiger partial charge is 0.131 e. The Morgan fingerprint density at radius 3 is 2.65 bits per heavy atom. The number of aliphatic imine (C=N–C) groups is 1. The second-order valence-electron chi connectivity index (χ2n) is 5.65. The topological polar surface area (TPSA) is 37.3 Å². The van der Waals surface area contributed by atoms with Crippen molar-refractivity contribution in [3.05, 3.63) is 85.2 Å². The number of amidine groups is 1. The minimum absolute atomic E-state index is 0.257. The Hall–Kier alpha value is -2.94. The first kappa shape index (κ1) is 13.7. The third-order valence-corrected chi connectivity index (χ3v) is 4.14. The molecule has 0 amide bonds. The molecule has 2 unspecified atom stereocenters. The molecule has 2 heterocycles. The van der Waals surface area contributed by atoms with Gasteiger partial charge in [-0.3, -0.25) is 0 Å². The van der Waals surface area contributed by atoms with Crippen LogP contribution in [0.25, 0.3) is 11.1 Å². The monoisotopic (exact) mass is 299 g/mol. The molecule has 1 aromatic heterocycles. The van der Waals surface area contributed by atoms with Gasteiger partial charge in [-0.1, -0.05) is 60.7 Å². The molecule has 0 fully saturated rings. The lowest BCUT2D eigenvalue weighted by Crippen LogP contribution is -2.29. The molecule has 1 aliphatic carbocycles. The molecule has 2 aliphatic rings. The van der Waals surface area contributed by atoms with Crippen LogP contribution in [0, 0.1) is 11.8 Å².